The summed E-state index contributed by atoms with van der Waals surface area (Å²) in [6, 6.07) is 11.0. The lowest BCUT2D eigenvalue weighted by Crippen LogP contribution is -2.56. The van der Waals surface area contributed by atoms with Gasteiger partial charge in [-0.25, -0.2) is 14.4 Å². The Kier molecular flexibility index (Phi) is 15.4. The van der Waals surface area contributed by atoms with Gasteiger partial charge in [0.2, 0.25) is 23.6 Å². The van der Waals surface area contributed by atoms with E-state index in [1.54, 1.807) is 19.9 Å². The number of ether oxygens (including phenoxy) is 1. The molecule has 5 amide bonds. The molecule has 17 nitrogen and oxygen atoms in total. The Hall–Kier alpha value is -6.97. The summed E-state index contributed by atoms with van der Waals surface area (Å²) in [5.74, 6) is -5.10. The number of nitrogens with one attached hydrogen (secondary N) is 4. The minimum Gasteiger partial charge on any atom is -0.504 e. The SMILES string of the molecule is Cc1nc(-c2ccc(C(C)(C)C)cc2)nc(C)c1C(=O)N[C@@H](CCN)C(=O)N(C)[C@@H]1C(=O)N[C@@H](C)C(=O)N[C@H](C(=O)NCC#N)Cc2cc(F)c(O)c(c2)-c2cc1ccc2OCCN. The van der Waals surface area contributed by atoms with Gasteiger partial charge in [0.1, 0.15) is 43.1 Å². The largest absolute Gasteiger partial charge is 0.504 e. The number of halogens is 1. The zero-order valence-electron chi connectivity index (χ0n) is 37.0. The second-order valence-corrected chi connectivity index (χ2v) is 16.6. The van der Waals surface area contributed by atoms with Crippen molar-refractivity contribution in [1.29, 1.82) is 5.26 Å². The van der Waals surface area contributed by atoms with Crippen molar-refractivity contribution in [3.63, 3.8) is 0 Å². The molecule has 0 saturated carbocycles. The van der Waals surface area contributed by atoms with E-state index >= 15 is 4.39 Å². The molecule has 5 rings (SSSR count). The summed E-state index contributed by atoms with van der Waals surface area (Å²) in [7, 11) is 1.33. The molecule has 0 saturated heterocycles. The monoisotopic (exact) mass is 878 g/mol. The van der Waals surface area contributed by atoms with Crippen LogP contribution in [0.2, 0.25) is 0 Å². The fourth-order valence-corrected chi connectivity index (χ4v) is 7.42. The summed E-state index contributed by atoms with van der Waals surface area (Å²) in [4.78, 5) is 80.2. The van der Waals surface area contributed by atoms with Gasteiger partial charge in [-0.2, -0.15) is 5.26 Å². The van der Waals surface area contributed by atoms with Gasteiger partial charge in [0.25, 0.3) is 5.91 Å². The third kappa shape index (κ3) is 11.0. The standard InChI is InChI=1S/C46H55FN10O7/c1-24-37(25(2)53-40(52-24)28-8-11-30(12-9-28)46(4,5)6)43(61)55-34(14-15-48)45(63)57(7)38-29-10-13-36(64-19-17-50)31(23-29)32-20-27(21-33(47)39(32)58)22-35(42(60)51-18-16-49)56-41(59)26(3)54-44(38)62/h8-13,20-21,23,26,34-35,38,58H,14-15,17-19,22,48,50H2,1-7H3,(H,51,60)(H,54,62)(H,55,61)(H,56,59)/t26-,34-,35-,38-/m0/s1. The maximum Gasteiger partial charge on any atom is 0.255 e. The Balaban J connectivity index is 1.55. The normalized spacial score (nSPS) is 16.9. The van der Waals surface area contributed by atoms with Crippen molar-refractivity contribution in [1.82, 2.24) is 36.1 Å². The van der Waals surface area contributed by atoms with Gasteiger partial charge in [0.15, 0.2) is 17.4 Å². The number of likely N-dealkylation sites (N-methyl/N-ethyl adjacent to an activating group) is 1. The Bertz CT molecular complexity index is 2440. The van der Waals surface area contributed by atoms with E-state index in [0.29, 0.717) is 17.2 Å². The van der Waals surface area contributed by atoms with E-state index in [9.17, 15) is 29.1 Å². The van der Waals surface area contributed by atoms with Crippen LogP contribution >= 0.6 is 0 Å². The molecular weight excluding hydrogens is 824 g/mol. The molecule has 1 aliphatic heterocycles. The van der Waals surface area contributed by atoms with Crippen LogP contribution < -0.4 is 37.5 Å². The number of hydrogen-bond acceptors (Lipinski definition) is 12. The molecule has 1 aliphatic rings. The molecule has 4 aromatic rings. The van der Waals surface area contributed by atoms with Gasteiger partial charge in [0.05, 0.1) is 23.0 Å². The van der Waals surface area contributed by atoms with E-state index in [1.165, 1.54) is 38.2 Å². The number of phenols is 1. The molecular formula is C46H55FN10O7. The summed E-state index contributed by atoms with van der Waals surface area (Å²) >= 11 is 0. The molecule has 1 aromatic heterocycles. The molecule has 64 heavy (non-hydrogen) atoms. The number of benzene rings is 3. The summed E-state index contributed by atoms with van der Waals surface area (Å²) in [6.07, 6.45) is -0.326. The molecule has 2 heterocycles. The molecule has 0 fully saturated rings. The highest BCUT2D eigenvalue weighted by Gasteiger charge is 2.36. The fourth-order valence-electron chi connectivity index (χ4n) is 7.42. The number of phenolic OH excluding ortho intramolecular Hbond substituents is 1. The van der Waals surface area contributed by atoms with Gasteiger partial charge < -0.3 is 47.5 Å². The minimum atomic E-state index is -1.52. The molecule has 9 N–H and O–H groups in total. The van der Waals surface area contributed by atoms with Gasteiger partial charge in [-0.3, -0.25) is 24.0 Å². The second kappa shape index (κ2) is 20.5. The molecule has 0 radical (unpaired) electrons. The molecule has 0 unspecified atom stereocenters. The number of aromatic nitrogens is 2. The molecule has 4 atom stereocenters. The Morgan fingerprint density at radius 2 is 1.67 bits per heavy atom. The summed E-state index contributed by atoms with van der Waals surface area (Å²) < 4.78 is 21.5. The number of nitriles is 1. The number of carbonyl (C=O) groups excluding carboxylic acids is 5. The van der Waals surface area contributed by atoms with Crippen molar-refractivity contribution in [3.8, 4) is 40.1 Å². The third-order valence-corrected chi connectivity index (χ3v) is 10.8. The van der Waals surface area contributed by atoms with Gasteiger partial charge in [-0.1, -0.05) is 51.1 Å². The van der Waals surface area contributed by atoms with Crippen LogP contribution in [-0.4, -0.2) is 101 Å². The maximum atomic E-state index is 15.6. The lowest BCUT2D eigenvalue weighted by molar-refractivity contribution is -0.141. The lowest BCUT2D eigenvalue weighted by Gasteiger charge is -2.32. The predicted molar refractivity (Wildman–Crippen MR) is 236 cm³/mol. The number of hydrogen-bond donors (Lipinski definition) is 7. The highest BCUT2D eigenvalue weighted by Crippen LogP contribution is 2.41. The fraction of sp³-hybridized carbons (Fsp3) is 0.391. The molecule has 3 aromatic carbocycles. The van der Waals surface area contributed by atoms with E-state index in [2.05, 4.69) is 52.0 Å². The van der Waals surface area contributed by atoms with Gasteiger partial charge in [0, 0.05) is 36.7 Å². The van der Waals surface area contributed by atoms with Crippen molar-refractivity contribution in [2.45, 2.75) is 84.0 Å². The number of aryl methyl sites for hydroxylation is 2. The first-order chi connectivity index (χ1) is 30.3. The zero-order chi connectivity index (χ0) is 47.0. The molecule has 4 bridgehead atoms. The van der Waals surface area contributed by atoms with Crippen molar-refractivity contribution >= 4 is 29.5 Å². The van der Waals surface area contributed by atoms with Gasteiger partial charge in [-0.05, 0) is 80.1 Å². The molecule has 0 aliphatic carbocycles. The zero-order valence-corrected chi connectivity index (χ0v) is 37.0. The van der Waals surface area contributed by atoms with Crippen molar-refractivity contribution in [2.24, 2.45) is 11.5 Å². The molecule has 338 valence electrons. The van der Waals surface area contributed by atoms with E-state index < -0.39 is 65.3 Å². The van der Waals surface area contributed by atoms with Crippen LogP contribution in [0.1, 0.15) is 78.6 Å². The van der Waals surface area contributed by atoms with Crippen LogP contribution in [0.3, 0.4) is 0 Å². The number of nitrogens with two attached hydrogens (primary N) is 2. The van der Waals surface area contributed by atoms with E-state index in [0.717, 1.165) is 22.1 Å². The minimum absolute atomic E-state index is 0.0139. The third-order valence-electron chi connectivity index (χ3n) is 10.8. The number of aromatic hydroxyl groups is 1. The van der Waals surface area contributed by atoms with Crippen molar-refractivity contribution in [2.75, 3.05) is 33.3 Å². The van der Waals surface area contributed by atoms with Crippen LogP contribution in [0.15, 0.2) is 54.6 Å². The number of fused-ring (bicyclic) bond motifs is 5. The summed E-state index contributed by atoms with van der Waals surface area (Å²) in [5, 5.41) is 30.5. The highest BCUT2D eigenvalue weighted by molar-refractivity contribution is 6.00. The molecule has 18 heteroatoms. The number of amides is 5. The number of carbonyl (C=O) groups is 5. The summed E-state index contributed by atoms with van der Waals surface area (Å²) in [6.45, 7) is 10.7. The first kappa shape index (κ1) is 48.1. The quantitative estimate of drug-likeness (QED) is 0.101. The average molecular weight is 879 g/mol. The van der Waals surface area contributed by atoms with Gasteiger partial charge >= 0.3 is 0 Å². The average Bonchev–Trinajstić information content (AvgIpc) is 3.24. The van der Waals surface area contributed by atoms with Crippen molar-refractivity contribution < 1.29 is 38.2 Å². The van der Waals surface area contributed by atoms with Crippen molar-refractivity contribution in [3.05, 3.63) is 94.1 Å². The van der Waals surface area contributed by atoms with Crippen LogP contribution in [0.5, 0.6) is 11.5 Å². The Morgan fingerprint density at radius 3 is 2.28 bits per heavy atom. The Morgan fingerprint density at radius 1 is 1.00 bits per heavy atom. The van der Waals surface area contributed by atoms with Gasteiger partial charge in [-0.15, -0.1) is 0 Å². The first-order valence-electron chi connectivity index (χ1n) is 20.8. The highest BCUT2D eigenvalue weighted by atomic mass is 19.1. The predicted octanol–water partition coefficient (Wildman–Crippen LogP) is 2.74. The van der Waals surface area contributed by atoms with Crippen LogP contribution in [0.25, 0.3) is 22.5 Å². The van der Waals surface area contributed by atoms with E-state index in [1.807, 2.05) is 24.3 Å². The smallest absolute Gasteiger partial charge is 0.255 e. The second-order valence-electron chi connectivity index (χ2n) is 16.6. The van der Waals surface area contributed by atoms with E-state index in [-0.39, 0.29) is 78.1 Å². The lowest BCUT2D eigenvalue weighted by atomic mass is 9.86. The van der Waals surface area contributed by atoms with Crippen LogP contribution in [-0.2, 0) is 31.0 Å². The first-order valence-corrected chi connectivity index (χ1v) is 20.8. The van der Waals surface area contributed by atoms with E-state index in [4.69, 9.17) is 21.5 Å². The van der Waals surface area contributed by atoms with Crippen LogP contribution in [0.4, 0.5) is 4.39 Å². The summed E-state index contributed by atoms with van der Waals surface area (Å²) in [5.41, 5.74) is 14.8. The van der Waals surface area contributed by atoms with Crippen LogP contribution in [0, 0.1) is 31.0 Å². The number of nitrogens with zero attached hydrogens (tertiary/aromatic N) is 4. The number of rotatable bonds is 12. The molecule has 0 spiro atoms. The topological polar surface area (TPSA) is 268 Å². The Labute approximate surface area is 371 Å². The maximum absolute atomic E-state index is 15.6.